The third kappa shape index (κ3) is 3.98. The largest absolute Gasteiger partial charge is 0.474 e. The molecule has 0 unspecified atom stereocenters. The van der Waals surface area contributed by atoms with E-state index in [1.165, 1.54) is 23.1 Å². The molecule has 120 valence electrons. The van der Waals surface area contributed by atoms with Crippen molar-refractivity contribution in [3.8, 4) is 5.75 Å². The van der Waals surface area contributed by atoms with Gasteiger partial charge in [0.25, 0.3) is 5.91 Å². The van der Waals surface area contributed by atoms with Crippen LogP contribution in [0, 0.1) is 10.1 Å². The molecule has 2 aromatic carbocycles. The molecule has 23 heavy (non-hydrogen) atoms. The number of para-hydroxylation sites is 1. The number of nitro groups is 1. The molecule has 1 atom stereocenters. The summed E-state index contributed by atoms with van der Waals surface area (Å²) in [7, 11) is 1.62. The molecule has 0 radical (unpaired) electrons. The van der Waals surface area contributed by atoms with Gasteiger partial charge in [0.05, 0.1) is 4.92 Å². The minimum atomic E-state index is -0.889. The van der Waals surface area contributed by atoms with E-state index in [2.05, 4.69) is 0 Å². The zero-order valence-corrected chi connectivity index (χ0v) is 13.4. The predicted molar refractivity (Wildman–Crippen MR) is 88.0 cm³/mol. The summed E-state index contributed by atoms with van der Waals surface area (Å²) < 4.78 is 5.47. The second-order valence-electron chi connectivity index (χ2n) is 4.86. The summed E-state index contributed by atoms with van der Waals surface area (Å²) in [6.45, 7) is 1.54. The maximum Gasteiger partial charge on any atom is 0.312 e. The summed E-state index contributed by atoms with van der Waals surface area (Å²) in [5.74, 6) is -0.317. The van der Waals surface area contributed by atoms with Crippen molar-refractivity contribution in [3.63, 3.8) is 0 Å². The van der Waals surface area contributed by atoms with Crippen LogP contribution in [0.2, 0.25) is 5.02 Å². The monoisotopic (exact) mass is 334 g/mol. The smallest absolute Gasteiger partial charge is 0.312 e. The molecule has 0 N–H and O–H groups in total. The van der Waals surface area contributed by atoms with Crippen LogP contribution < -0.4 is 9.64 Å². The number of hydrogen-bond acceptors (Lipinski definition) is 4. The first kappa shape index (κ1) is 16.8. The van der Waals surface area contributed by atoms with Gasteiger partial charge in [0.15, 0.2) is 11.9 Å². The van der Waals surface area contributed by atoms with Gasteiger partial charge in [-0.2, -0.15) is 0 Å². The number of benzene rings is 2. The Morgan fingerprint density at radius 1 is 1.26 bits per heavy atom. The molecule has 0 saturated heterocycles. The molecule has 0 aliphatic carbocycles. The fourth-order valence-corrected chi connectivity index (χ4v) is 2.19. The van der Waals surface area contributed by atoms with Crippen molar-refractivity contribution in [2.75, 3.05) is 11.9 Å². The number of carbonyl (C=O) groups excluding carboxylic acids is 1. The highest BCUT2D eigenvalue weighted by molar-refractivity contribution is 6.30. The van der Waals surface area contributed by atoms with Gasteiger partial charge in [-0.3, -0.25) is 14.9 Å². The lowest BCUT2D eigenvalue weighted by Gasteiger charge is -2.22. The molecule has 0 heterocycles. The van der Waals surface area contributed by atoms with Crippen molar-refractivity contribution >= 4 is 28.9 Å². The minimum absolute atomic E-state index is 0.00158. The number of nitrogens with zero attached hydrogens (tertiary/aromatic N) is 2. The van der Waals surface area contributed by atoms with Gasteiger partial charge in [0, 0.05) is 23.8 Å². The van der Waals surface area contributed by atoms with Gasteiger partial charge in [-0.05, 0) is 31.2 Å². The van der Waals surface area contributed by atoms with Crippen molar-refractivity contribution in [2.45, 2.75) is 13.0 Å². The van der Waals surface area contributed by atoms with Gasteiger partial charge >= 0.3 is 5.69 Å². The maximum absolute atomic E-state index is 12.4. The summed E-state index contributed by atoms with van der Waals surface area (Å²) in [4.78, 5) is 24.3. The molecule has 0 aliphatic heterocycles. The summed E-state index contributed by atoms with van der Waals surface area (Å²) in [6.07, 6.45) is -0.889. The zero-order valence-electron chi connectivity index (χ0n) is 12.6. The van der Waals surface area contributed by atoms with Crippen molar-refractivity contribution in [1.82, 2.24) is 0 Å². The van der Waals surface area contributed by atoms with Crippen LogP contribution in [0.5, 0.6) is 5.75 Å². The van der Waals surface area contributed by atoms with E-state index >= 15 is 0 Å². The Morgan fingerprint density at radius 3 is 2.52 bits per heavy atom. The number of carbonyl (C=O) groups is 1. The number of ether oxygens (including phenoxy) is 1. The first-order chi connectivity index (χ1) is 10.9. The molecule has 0 aliphatic rings. The lowest BCUT2D eigenvalue weighted by atomic mass is 10.2. The molecule has 2 rings (SSSR count). The van der Waals surface area contributed by atoms with E-state index in [0.717, 1.165) is 0 Å². The van der Waals surface area contributed by atoms with Crippen LogP contribution in [0.4, 0.5) is 11.4 Å². The van der Waals surface area contributed by atoms with Crippen molar-refractivity contribution < 1.29 is 14.5 Å². The normalized spacial score (nSPS) is 11.6. The third-order valence-electron chi connectivity index (χ3n) is 3.24. The second-order valence-corrected chi connectivity index (χ2v) is 5.30. The quantitative estimate of drug-likeness (QED) is 0.617. The second kappa shape index (κ2) is 7.11. The van der Waals surface area contributed by atoms with Gasteiger partial charge < -0.3 is 9.64 Å². The average molecular weight is 335 g/mol. The lowest BCUT2D eigenvalue weighted by molar-refractivity contribution is -0.386. The van der Waals surface area contributed by atoms with Gasteiger partial charge in [-0.1, -0.05) is 29.8 Å². The molecule has 0 aromatic heterocycles. The Kier molecular flexibility index (Phi) is 5.18. The minimum Gasteiger partial charge on any atom is -0.474 e. The number of likely N-dealkylation sites (N-methyl/N-ethyl adjacent to an activating group) is 1. The van der Waals surface area contributed by atoms with Gasteiger partial charge in [0.2, 0.25) is 0 Å². The standard InChI is InChI=1S/C16H15ClN2O4/c1-11(16(20)18(2)13-6-4-3-5-7-13)23-15-9-8-12(17)10-14(15)19(21)22/h3-11H,1-2H3/t11-/m0/s1. The van der Waals surface area contributed by atoms with Crippen LogP contribution in [-0.2, 0) is 4.79 Å². The molecule has 0 bridgehead atoms. The number of rotatable bonds is 5. The molecular weight excluding hydrogens is 320 g/mol. The molecule has 0 spiro atoms. The Labute approximate surface area is 138 Å². The molecule has 0 saturated carbocycles. The topological polar surface area (TPSA) is 72.7 Å². The molecule has 6 nitrogen and oxygen atoms in total. The molecule has 2 aromatic rings. The van der Waals surface area contributed by atoms with Crippen LogP contribution >= 0.6 is 11.6 Å². The first-order valence-electron chi connectivity index (χ1n) is 6.83. The van der Waals surface area contributed by atoms with Gasteiger partial charge in [-0.25, -0.2) is 0 Å². The Bertz CT molecular complexity index is 721. The molecule has 1 amide bonds. The van der Waals surface area contributed by atoms with E-state index in [1.54, 1.807) is 26.1 Å². The van der Waals surface area contributed by atoms with Gasteiger partial charge in [0.1, 0.15) is 0 Å². The average Bonchev–Trinajstić information content (AvgIpc) is 2.55. The number of nitro benzene ring substituents is 1. The van der Waals surface area contributed by atoms with Crippen molar-refractivity contribution in [1.29, 1.82) is 0 Å². The van der Waals surface area contributed by atoms with E-state index in [1.807, 2.05) is 18.2 Å². The Hall–Kier alpha value is -2.60. The van der Waals surface area contributed by atoms with Crippen LogP contribution in [-0.4, -0.2) is 24.0 Å². The SMILES string of the molecule is C[C@H](Oc1ccc(Cl)cc1[N+](=O)[O-])C(=O)N(C)c1ccccc1. The summed E-state index contributed by atoms with van der Waals surface area (Å²) in [5.41, 5.74) is 0.429. The highest BCUT2D eigenvalue weighted by atomic mass is 35.5. The van der Waals surface area contributed by atoms with Crippen molar-refractivity contribution in [2.24, 2.45) is 0 Å². The summed E-state index contributed by atoms with van der Waals surface area (Å²) >= 11 is 5.76. The number of halogens is 1. The van der Waals surface area contributed by atoms with E-state index in [9.17, 15) is 14.9 Å². The van der Waals surface area contributed by atoms with E-state index < -0.39 is 11.0 Å². The predicted octanol–water partition coefficient (Wildman–Crippen LogP) is 3.68. The van der Waals surface area contributed by atoms with Crippen LogP contribution in [0.25, 0.3) is 0 Å². The van der Waals surface area contributed by atoms with Crippen LogP contribution in [0.15, 0.2) is 48.5 Å². The van der Waals surface area contributed by atoms with Crippen molar-refractivity contribution in [3.05, 3.63) is 63.7 Å². The van der Waals surface area contributed by atoms with E-state index in [0.29, 0.717) is 5.69 Å². The molecule has 7 heteroatoms. The Balaban J connectivity index is 2.17. The van der Waals surface area contributed by atoms with Gasteiger partial charge in [-0.15, -0.1) is 0 Å². The summed E-state index contributed by atoms with van der Waals surface area (Å²) in [5, 5.41) is 11.3. The fraction of sp³-hybridized carbons (Fsp3) is 0.188. The number of hydrogen-bond donors (Lipinski definition) is 0. The Morgan fingerprint density at radius 2 is 1.91 bits per heavy atom. The van der Waals surface area contributed by atoms with Crippen LogP contribution in [0.3, 0.4) is 0 Å². The highest BCUT2D eigenvalue weighted by Crippen LogP contribution is 2.31. The lowest BCUT2D eigenvalue weighted by Crippen LogP contribution is -2.38. The number of anilines is 1. The highest BCUT2D eigenvalue weighted by Gasteiger charge is 2.24. The summed E-state index contributed by atoms with van der Waals surface area (Å²) in [6, 6.07) is 13.1. The zero-order chi connectivity index (χ0) is 17.0. The molecular formula is C16H15ClN2O4. The molecule has 0 fully saturated rings. The number of amides is 1. The van der Waals surface area contributed by atoms with Crippen LogP contribution in [0.1, 0.15) is 6.92 Å². The first-order valence-corrected chi connectivity index (χ1v) is 7.21. The fourth-order valence-electron chi connectivity index (χ4n) is 2.03. The third-order valence-corrected chi connectivity index (χ3v) is 3.48. The van der Waals surface area contributed by atoms with E-state index in [-0.39, 0.29) is 22.4 Å². The van der Waals surface area contributed by atoms with E-state index in [4.69, 9.17) is 16.3 Å². The maximum atomic E-state index is 12.4.